The van der Waals surface area contributed by atoms with Crippen LogP contribution in [0.5, 0.6) is 0 Å². The van der Waals surface area contributed by atoms with Crippen LogP contribution in [0.2, 0.25) is 10.0 Å². The second-order valence-electron chi connectivity index (χ2n) is 4.99. The van der Waals surface area contributed by atoms with Gasteiger partial charge in [-0.3, -0.25) is 0 Å². The van der Waals surface area contributed by atoms with Crippen LogP contribution in [-0.4, -0.2) is 12.2 Å². The van der Waals surface area contributed by atoms with Crippen LogP contribution >= 0.6 is 23.2 Å². The minimum absolute atomic E-state index is 0.0203. The van der Waals surface area contributed by atoms with Gasteiger partial charge in [-0.05, 0) is 31.4 Å². The van der Waals surface area contributed by atoms with Crippen molar-refractivity contribution in [2.45, 2.75) is 37.9 Å². The zero-order chi connectivity index (χ0) is 14.9. The smallest absolute Gasteiger partial charge is 0.380 e. The molecule has 2 rings (SSSR count). The number of benzene rings is 1. The van der Waals surface area contributed by atoms with Gasteiger partial charge in [0.15, 0.2) is 0 Å². The van der Waals surface area contributed by atoms with Crippen LogP contribution in [0.15, 0.2) is 12.1 Å². The van der Waals surface area contributed by atoms with E-state index in [-0.39, 0.29) is 28.9 Å². The minimum Gasteiger partial charge on any atom is -0.380 e. The maximum absolute atomic E-state index is 13.1. The van der Waals surface area contributed by atoms with Gasteiger partial charge in [0, 0.05) is 6.04 Å². The summed E-state index contributed by atoms with van der Waals surface area (Å²) in [4.78, 5) is 0. The van der Waals surface area contributed by atoms with Gasteiger partial charge in [-0.15, -0.1) is 0 Å². The van der Waals surface area contributed by atoms with Gasteiger partial charge >= 0.3 is 6.18 Å². The molecule has 112 valence electrons. The van der Waals surface area contributed by atoms with E-state index in [1.807, 2.05) is 0 Å². The van der Waals surface area contributed by atoms with Gasteiger partial charge < -0.3 is 5.32 Å². The van der Waals surface area contributed by atoms with Crippen molar-refractivity contribution in [3.05, 3.63) is 28.0 Å². The highest BCUT2D eigenvalue weighted by Gasteiger charge is 2.42. The van der Waals surface area contributed by atoms with Crippen LogP contribution < -0.4 is 5.32 Å². The van der Waals surface area contributed by atoms with E-state index in [0.717, 1.165) is 12.1 Å². The first-order valence-electron chi connectivity index (χ1n) is 6.25. The van der Waals surface area contributed by atoms with E-state index in [9.17, 15) is 17.6 Å². The first-order valence-corrected chi connectivity index (χ1v) is 7.00. The van der Waals surface area contributed by atoms with E-state index in [2.05, 4.69) is 5.32 Å². The van der Waals surface area contributed by atoms with Gasteiger partial charge in [0.05, 0.1) is 21.7 Å². The molecule has 0 aliphatic heterocycles. The van der Waals surface area contributed by atoms with Crippen LogP contribution in [0.4, 0.5) is 23.2 Å². The van der Waals surface area contributed by atoms with Crippen molar-refractivity contribution < 1.29 is 17.6 Å². The van der Waals surface area contributed by atoms with Crippen molar-refractivity contribution in [1.82, 2.24) is 0 Å². The van der Waals surface area contributed by atoms with E-state index in [4.69, 9.17) is 23.2 Å². The number of hydrogen-bond acceptors (Lipinski definition) is 1. The van der Waals surface area contributed by atoms with E-state index in [1.54, 1.807) is 0 Å². The second-order valence-corrected chi connectivity index (χ2v) is 5.81. The van der Waals surface area contributed by atoms with Crippen molar-refractivity contribution in [2.75, 3.05) is 5.32 Å². The molecule has 1 aliphatic rings. The van der Waals surface area contributed by atoms with Gasteiger partial charge in [0.1, 0.15) is 5.82 Å². The molecular weight excluding hydrogens is 317 g/mol. The second kappa shape index (κ2) is 5.98. The fourth-order valence-corrected chi connectivity index (χ4v) is 3.07. The Morgan fingerprint density at radius 3 is 2.25 bits per heavy atom. The highest BCUT2D eigenvalue weighted by Crippen LogP contribution is 2.40. The Morgan fingerprint density at radius 1 is 1.10 bits per heavy atom. The first kappa shape index (κ1) is 15.7. The van der Waals surface area contributed by atoms with Crippen LogP contribution in [0.25, 0.3) is 0 Å². The standard InChI is InChI=1S/C13H13Cl2F4N/c14-10-5-8(16)6-11(15)12(10)20-9-3-1-2-7(4-9)13(17,18)19/h5-7,9,20H,1-4H2. The third-order valence-electron chi connectivity index (χ3n) is 3.49. The summed E-state index contributed by atoms with van der Waals surface area (Å²) >= 11 is 11.7. The summed E-state index contributed by atoms with van der Waals surface area (Å²) < 4.78 is 51.3. The molecule has 2 atom stereocenters. The Kier molecular flexibility index (Phi) is 4.69. The molecule has 0 radical (unpaired) electrons. The zero-order valence-corrected chi connectivity index (χ0v) is 11.9. The third-order valence-corrected chi connectivity index (χ3v) is 4.09. The molecule has 0 spiro atoms. The quantitative estimate of drug-likeness (QED) is 0.690. The molecule has 0 bridgehead atoms. The fraction of sp³-hybridized carbons (Fsp3) is 0.538. The molecule has 1 aromatic rings. The van der Waals surface area contributed by atoms with Gasteiger partial charge in [-0.1, -0.05) is 29.6 Å². The van der Waals surface area contributed by atoms with Crippen LogP contribution in [-0.2, 0) is 0 Å². The average molecular weight is 330 g/mol. The van der Waals surface area contributed by atoms with E-state index in [1.165, 1.54) is 0 Å². The number of alkyl halides is 3. The number of rotatable bonds is 2. The monoisotopic (exact) mass is 329 g/mol. The molecule has 1 fully saturated rings. The highest BCUT2D eigenvalue weighted by molar-refractivity contribution is 6.39. The Morgan fingerprint density at radius 2 is 1.70 bits per heavy atom. The molecular formula is C13H13Cl2F4N. The largest absolute Gasteiger partial charge is 0.391 e. The maximum Gasteiger partial charge on any atom is 0.391 e. The Balaban J connectivity index is 2.11. The molecule has 1 saturated carbocycles. The molecule has 0 heterocycles. The number of anilines is 1. The summed E-state index contributed by atoms with van der Waals surface area (Å²) in [6, 6.07) is 1.80. The van der Waals surface area contributed by atoms with Crippen molar-refractivity contribution in [3.8, 4) is 0 Å². The highest BCUT2D eigenvalue weighted by atomic mass is 35.5. The lowest BCUT2D eigenvalue weighted by Crippen LogP contribution is -2.34. The van der Waals surface area contributed by atoms with Crippen LogP contribution in [0, 0.1) is 11.7 Å². The summed E-state index contributed by atoms with van der Waals surface area (Å²) in [5, 5.41) is 3.06. The van der Waals surface area contributed by atoms with E-state index >= 15 is 0 Å². The predicted octanol–water partition coefficient (Wildman–Crippen LogP) is 5.67. The summed E-state index contributed by atoms with van der Waals surface area (Å²) in [5.74, 6) is -1.89. The summed E-state index contributed by atoms with van der Waals surface area (Å²) in [6.07, 6.45) is -2.97. The van der Waals surface area contributed by atoms with Gasteiger partial charge in [-0.2, -0.15) is 13.2 Å². The lowest BCUT2D eigenvalue weighted by Gasteiger charge is -2.32. The van der Waals surface area contributed by atoms with Gasteiger partial charge in [-0.25, -0.2) is 4.39 Å². The van der Waals surface area contributed by atoms with Crippen molar-refractivity contribution in [1.29, 1.82) is 0 Å². The Bertz CT molecular complexity index is 467. The Labute approximate surface area is 124 Å². The summed E-state index contributed by atoms with van der Waals surface area (Å²) in [6.45, 7) is 0. The molecule has 7 heteroatoms. The molecule has 1 N–H and O–H groups in total. The molecule has 1 nitrogen and oxygen atoms in total. The topological polar surface area (TPSA) is 12.0 Å². The van der Waals surface area contributed by atoms with Crippen LogP contribution in [0.1, 0.15) is 25.7 Å². The number of nitrogens with one attached hydrogen (secondary N) is 1. The molecule has 0 aromatic heterocycles. The van der Waals surface area contributed by atoms with E-state index < -0.39 is 17.9 Å². The lowest BCUT2D eigenvalue weighted by molar-refractivity contribution is -0.182. The summed E-state index contributed by atoms with van der Waals surface area (Å²) in [7, 11) is 0. The third kappa shape index (κ3) is 3.70. The molecule has 0 amide bonds. The average Bonchev–Trinajstić information content (AvgIpc) is 2.33. The van der Waals surface area contributed by atoms with Gasteiger partial charge in [0.25, 0.3) is 0 Å². The first-order chi connectivity index (χ1) is 9.27. The van der Waals surface area contributed by atoms with Gasteiger partial charge in [0.2, 0.25) is 0 Å². The Hall–Kier alpha value is -0.680. The summed E-state index contributed by atoms with van der Waals surface area (Å²) in [5.41, 5.74) is 0.294. The molecule has 1 aromatic carbocycles. The number of halogens is 6. The predicted molar refractivity (Wildman–Crippen MR) is 71.8 cm³/mol. The molecule has 2 unspecified atom stereocenters. The molecule has 1 aliphatic carbocycles. The van der Waals surface area contributed by atoms with Crippen molar-refractivity contribution >= 4 is 28.9 Å². The van der Waals surface area contributed by atoms with Crippen molar-refractivity contribution in [2.24, 2.45) is 5.92 Å². The zero-order valence-electron chi connectivity index (χ0n) is 10.4. The fourth-order valence-electron chi connectivity index (χ4n) is 2.50. The van der Waals surface area contributed by atoms with E-state index in [0.29, 0.717) is 18.5 Å². The lowest BCUT2D eigenvalue weighted by atomic mass is 9.85. The van der Waals surface area contributed by atoms with Crippen LogP contribution in [0.3, 0.4) is 0 Å². The normalized spacial score (nSPS) is 23.7. The SMILES string of the molecule is Fc1cc(Cl)c(NC2CCCC(C(F)(F)F)C2)c(Cl)c1. The van der Waals surface area contributed by atoms with Crippen molar-refractivity contribution in [3.63, 3.8) is 0 Å². The maximum atomic E-state index is 13.1. The molecule has 0 saturated heterocycles. The minimum atomic E-state index is -4.18. The number of hydrogen-bond donors (Lipinski definition) is 1. The molecule has 20 heavy (non-hydrogen) atoms.